The third-order valence-electron chi connectivity index (χ3n) is 4.53. The van der Waals surface area contributed by atoms with Gasteiger partial charge in [0.1, 0.15) is 0 Å². The van der Waals surface area contributed by atoms with Crippen LogP contribution >= 0.6 is 0 Å². The molecule has 1 aromatic rings. The maximum absolute atomic E-state index is 12.6. The first kappa shape index (κ1) is 12.5. The molecule has 0 saturated heterocycles. The molecular weight excluding hydrogens is 236 g/mol. The van der Waals surface area contributed by atoms with Crippen LogP contribution in [0.2, 0.25) is 0 Å². The van der Waals surface area contributed by atoms with Gasteiger partial charge < -0.3 is 10.6 Å². The first-order valence-corrected chi connectivity index (χ1v) is 7.33. The fourth-order valence-corrected chi connectivity index (χ4v) is 3.41. The highest BCUT2D eigenvalue weighted by Crippen LogP contribution is 2.34. The fourth-order valence-electron chi connectivity index (χ4n) is 3.41. The summed E-state index contributed by atoms with van der Waals surface area (Å²) in [6.07, 6.45) is 5.59. The number of nitrogens with one attached hydrogen (secondary N) is 2. The molecule has 3 rings (SSSR count). The zero-order chi connectivity index (χ0) is 13.3. The van der Waals surface area contributed by atoms with E-state index in [0.717, 1.165) is 37.1 Å². The van der Waals surface area contributed by atoms with E-state index in [-0.39, 0.29) is 17.4 Å². The van der Waals surface area contributed by atoms with Crippen LogP contribution in [0.3, 0.4) is 0 Å². The lowest BCUT2D eigenvalue weighted by atomic mass is 9.89. The lowest BCUT2D eigenvalue weighted by Gasteiger charge is -2.31. The minimum atomic E-state index is 0.00914. The first-order chi connectivity index (χ1) is 9.18. The second kappa shape index (κ2) is 4.87. The van der Waals surface area contributed by atoms with Crippen molar-refractivity contribution >= 4 is 11.6 Å². The van der Waals surface area contributed by atoms with Crippen molar-refractivity contribution in [2.24, 2.45) is 0 Å². The molecule has 1 atom stereocenters. The van der Waals surface area contributed by atoms with Gasteiger partial charge in [-0.2, -0.15) is 0 Å². The normalized spacial score (nSPS) is 24.4. The number of benzene rings is 1. The average molecular weight is 258 g/mol. The molecule has 1 unspecified atom stereocenters. The van der Waals surface area contributed by atoms with Crippen molar-refractivity contribution in [2.45, 2.75) is 50.5 Å². The Labute approximate surface area is 114 Å². The minimum Gasteiger partial charge on any atom is -0.385 e. The molecule has 0 spiro atoms. The molecule has 102 valence electrons. The Morgan fingerprint density at radius 2 is 2.05 bits per heavy atom. The highest BCUT2D eigenvalue weighted by molar-refractivity contribution is 5.86. The topological polar surface area (TPSA) is 41.1 Å². The predicted octanol–water partition coefficient (Wildman–Crippen LogP) is 3.03. The molecule has 0 bridgehead atoms. The Balaban J connectivity index is 1.78. The Kier molecular flexibility index (Phi) is 3.21. The summed E-state index contributed by atoms with van der Waals surface area (Å²) in [5.41, 5.74) is 2.29. The number of carbonyl (C=O) groups is 1. The lowest BCUT2D eigenvalue weighted by Crippen LogP contribution is -2.46. The standard InChI is InChI=1S/C16H22N2O/c1-16(9-4-5-10-16)18-15(19)13-8-11-17-14-7-3-2-6-12(13)14/h2-3,6-7,13,17H,4-5,8-11H2,1H3,(H,18,19). The van der Waals surface area contributed by atoms with Gasteiger partial charge in [-0.1, -0.05) is 31.0 Å². The van der Waals surface area contributed by atoms with Crippen molar-refractivity contribution in [1.29, 1.82) is 0 Å². The van der Waals surface area contributed by atoms with Gasteiger partial charge in [-0.3, -0.25) is 4.79 Å². The number of anilines is 1. The summed E-state index contributed by atoms with van der Waals surface area (Å²) < 4.78 is 0. The molecule has 3 heteroatoms. The van der Waals surface area contributed by atoms with Crippen molar-refractivity contribution in [3.8, 4) is 0 Å². The van der Waals surface area contributed by atoms with Gasteiger partial charge >= 0.3 is 0 Å². The Bertz CT molecular complexity index is 477. The van der Waals surface area contributed by atoms with Crippen LogP contribution in [0, 0.1) is 0 Å². The number of rotatable bonds is 2. The number of hydrogen-bond donors (Lipinski definition) is 2. The molecule has 2 aliphatic rings. The third-order valence-corrected chi connectivity index (χ3v) is 4.53. The summed E-state index contributed by atoms with van der Waals surface area (Å²) in [5.74, 6) is 0.216. The van der Waals surface area contributed by atoms with E-state index in [4.69, 9.17) is 0 Å². The van der Waals surface area contributed by atoms with E-state index < -0.39 is 0 Å². The molecule has 0 aromatic heterocycles. The Morgan fingerprint density at radius 1 is 1.32 bits per heavy atom. The summed E-state index contributed by atoms with van der Waals surface area (Å²) in [6, 6.07) is 8.17. The monoisotopic (exact) mass is 258 g/mol. The lowest BCUT2D eigenvalue weighted by molar-refractivity contribution is -0.124. The van der Waals surface area contributed by atoms with Crippen LogP contribution in [0.4, 0.5) is 5.69 Å². The van der Waals surface area contributed by atoms with E-state index in [2.05, 4.69) is 29.7 Å². The smallest absolute Gasteiger partial charge is 0.228 e. The molecule has 19 heavy (non-hydrogen) atoms. The number of hydrogen-bond acceptors (Lipinski definition) is 2. The molecule has 3 nitrogen and oxygen atoms in total. The van der Waals surface area contributed by atoms with Gasteiger partial charge in [-0.25, -0.2) is 0 Å². The zero-order valence-electron chi connectivity index (χ0n) is 11.5. The molecule has 1 aliphatic carbocycles. The van der Waals surface area contributed by atoms with E-state index in [9.17, 15) is 4.79 Å². The molecule has 1 aliphatic heterocycles. The summed E-state index contributed by atoms with van der Waals surface area (Å²) >= 11 is 0. The van der Waals surface area contributed by atoms with Gasteiger partial charge in [0.15, 0.2) is 0 Å². The number of para-hydroxylation sites is 1. The molecule has 1 amide bonds. The van der Waals surface area contributed by atoms with E-state index >= 15 is 0 Å². The molecule has 0 radical (unpaired) electrons. The van der Waals surface area contributed by atoms with Crippen molar-refractivity contribution in [3.05, 3.63) is 29.8 Å². The number of fused-ring (bicyclic) bond motifs is 1. The molecule has 1 aromatic carbocycles. The maximum atomic E-state index is 12.6. The predicted molar refractivity (Wildman–Crippen MR) is 77.3 cm³/mol. The largest absolute Gasteiger partial charge is 0.385 e. The van der Waals surface area contributed by atoms with Gasteiger partial charge in [0.2, 0.25) is 5.91 Å². The first-order valence-electron chi connectivity index (χ1n) is 7.33. The summed E-state index contributed by atoms with van der Waals surface area (Å²) in [5, 5.41) is 6.67. The van der Waals surface area contributed by atoms with Gasteiger partial charge in [-0.15, -0.1) is 0 Å². The number of amides is 1. The number of carbonyl (C=O) groups excluding carboxylic acids is 1. The molecular formula is C16H22N2O. The van der Waals surface area contributed by atoms with Crippen LogP contribution in [0.25, 0.3) is 0 Å². The van der Waals surface area contributed by atoms with Crippen molar-refractivity contribution in [1.82, 2.24) is 5.32 Å². The summed E-state index contributed by atoms with van der Waals surface area (Å²) in [7, 11) is 0. The van der Waals surface area contributed by atoms with Gasteiger partial charge in [0, 0.05) is 17.8 Å². The minimum absolute atomic E-state index is 0.00914. The van der Waals surface area contributed by atoms with E-state index in [1.807, 2.05) is 12.1 Å². The Morgan fingerprint density at radius 3 is 2.84 bits per heavy atom. The van der Waals surface area contributed by atoms with Crippen LogP contribution in [0.15, 0.2) is 24.3 Å². The molecule has 2 N–H and O–H groups in total. The summed E-state index contributed by atoms with van der Waals surface area (Å²) in [4.78, 5) is 12.6. The third kappa shape index (κ3) is 2.46. The highest BCUT2D eigenvalue weighted by Gasteiger charge is 2.34. The maximum Gasteiger partial charge on any atom is 0.228 e. The average Bonchev–Trinajstić information content (AvgIpc) is 2.84. The van der Waals surface area contributed by atoms with Crippen LogP contribution in [0.5, 0.6) is 0 Å². The van der Waals surface area contributed by atoms with Crippen molar-refractivity contribution in [3.63, 3.8) is 0 Å². The SMILES string of the molecule is CC1(NC(=O)C2CCNc3ccccc32)CCCC1. The van der Waals surface area contributed by atoms with E-state index in [1.54, 1.807) is 0 Å². The summed E-state index contributed by atoms with van der Waals surface area (Å²) in [6.45, 7) is 3.07. The van der Waals surface area contributed by atoms with Gasteiger partial charge in [0.05, 0.1) is 5.92 Å². The second-order valence-electron chi connectivity index (χ2n) is 6.11. The second-order valence-corrected chi connectivity index (χ2v) is 6.11. The molecule has 1 saturated carbocycles. The van der Waals surface area contributed by atoms with Crippen LogP contribution in [0.1, 0.15) is 50.5 Å². The highest BCUT2D eigenvalue weighted by atomic mass is 16.2. The zero-order valence-corrected chi connectivity index (χ0v) is 11.5. The van der Waals surface area contributed by atoms with Gasteiger partial charge in [0.25, 0.3) is 0 Å². The quantitative estimate of drug-likeness (QED) is 0.856. The van der Waals surface area contributed by atoms with Crippen molar-refractivity contribution < 1.29 is 4.79 Å². The van der Waals surface area contributed by atoms with Crippen LogP contribution in [-0.4, -0.2) is 18.0 Å². The Hall–Kier alpha value is -1.51. The molecule has 1 heterocycles. The van der Waals surface area contributed by atoms with Gasteiger partial charge in [-0.05, 0) is 37.8 Å². The van der Waals surface area contributed by atoms with Crippen molar-refractivity contribution in [2.75, 3.05) is 11.9 Å². The van der Waals surface area contributed by atoms with E-state index in [0.29, 0.717) is 0 Å². The van der Waals surface area contributed by atoms with Crippen LogP contribution in [-0.2, 0) is 4.79 Å². The van der Waals surface area contributed by atoms with Crippen LogP contribution < -0.4 is 10.6 Å². The molecule has 1 fully saturated rings. The van der Waals surface area contributed by atoms with E-state index in [1.165, 1.54) is 12.8 Å². The fraction of sp³-hybridized carbons (Fsp3) is 0.562.